The van der Waals surface area contributed by atoms with Crippen LogP contribution in [0, 0.1) is 22.7 Å². The summed E-state index contributed by atoms with van der Waals surface area (Å²) in [5.41, 5.74) is -0.0872. The average molecular weight is 758 g/mol. The molecule has 7 rings (SSSR count). The van der Waals surface area contributed by atoms with Gasteiger partial charge in [0, 0.05) is 25.9 Å². The fraction of sp³-hybridized carbons (Fsp3) is 0.711. The van der Waals surface area contributed by atoms with E-state index in [2.05, 4.69) is 4.72 Å². The number of hydrogen-bond donors (Lipinski definition) is 1. The van der Waals surface area contributed by atoms with Crippen LogP contribution < -0.4 is 14.2 Å². The molecule has 0 bridgehead atoms. The van der Waals surface area contributed by atoms with Crippen molar-refractivity contribution in [2.45, 2.75) is 135 Å². The van der Waals surface area contributed by atoms with Gasteiger partial charge in [-0.2, -0.15) is 0 Å². The summed E-state index contributed by atoms with van der Waals surface area (Å²) in [7, 11) is -3.84. The van der Waals surface area contributed by atoms with Gasteiger partial charge in [-0.3, -0.25) is 28.8 Å². The van der Waals surface area contributed by atoms with E-state index in [9.17, 15) is 32.4 Å². The van der Waals surface area contributed by atoms with Crippen molar-refractivity contribution < 1.29 is 51.3 Å². The highest BCUT2D eigenvalue weighted by Crippen LogP contribution is 2.58. The molecule has 4 fully saturated rings. The summed E-state index contributed by atoms with van der Waals surface area (Å²) in [5.74, 6) is -1.79. The molecule has 6 aliphatic rings. The lowest BCUT2D eigenvalue weighted by molar-refractivity contribution is -0.156. The summed E-state index contributed by atoms with van der Waals surface area (Å²) in [6.45, 7) is 8.11. The summed E-state index contributed by atoms with van der Waals surface area (Å²) in [4.78, 5) is 72.2. The molecule has 15 heteroatoms. The molecule has 0 aromatic heterocycles. The topological polar surface area (TPSA) is 175 Å². The first-order chi connectivity index (χ1) is 25.1. The monoisotopic (exact) mass is 757 g/mol. The van der Waals surface area contributed by atoms with Gasteiger partial charge in [-0.1, -0.05) is 34.1 Å². The van der Waals surface area contributed by atoms with Gasteiger partial charge in [-0.05, 0) is 79.5 Å². The fourth-order valence-electron chi connectivity index (χ4n) is 8.55. The average Bonchev–Trinajstić information content (AvgIpc) is 3.76. The van der Waals surface area contributed by atoms with Gasteiger partial charge in [0.15, 0.2) is 17.3 Å². The van der Waals surface area contributed by atoms with E-state index in [1.807, 2.05) is 39.8 Å². The van der Waals surface area contributed by atoms with Crippen molar-refractivity contribution in [3.63, 3.8) is 0 Å². The number of benzene rings is 1. The Hall–Kier alpha value is -3.88. The summed E-state index contributed by atoms with van der Waals surface area (Å²) < 4.78 is 50.4. The number of rotatable bonds is 12. The lowest BCUT2D eigenvalue weighted by Gasteiger charge is -2.35. The van der Waals surface area contributed by atoms with Crippen molar-refractivity contribution in [1.29, 1.82) is 0 Å². The number of nitrogens with zero attached hydrogens (tertiary/aromatic N) is 2. The molecule has 290 valence electrons. The van der Waals surface area contributed by atoms with Gasteiger partial charge >= 0.3 is 12.1 Å². The predicted molar refractivity (Wildman–Crippen MR) is 189 cm³/mol. The number of ketones is 1. The zero-order valence-corrected chi connectivity index (χ0v) is 31.8. The maximum Gasteiger partial charge on any atom is 0.410 e. The van der Waals surface area contributed by atoms with Gasteiger partial charge in [-0.25, -0.2) is 13.2 Å². The van der Waals surface area contributed by atoms with E-state index in [0.29, 0.717) is 37.2 Å². The van der Waals surface area contributed by atoms with Crippen LogP contribution in [0.15, 0.2) is 12.1 Å². The largest absolute Gasteiger partial charge is 0.462 e. The second kappa shape index (κ2) is 14.1. The number of esters is 1. The van der Waals surface area contributed by atoms with Gasteiger partial charge in [0.2, 0.25) is 28.6 Å². The van der Waals surface area contributed by atoms with Crippen molar-refractivity contribution in [1.82, 2.24) is 14.5 Å². The van der Waals surface area contributed by atoms with Crippen LogP contribution in [0.3, 0.4) is 0 Å². The molecule has 0 spiro atoms. The molecule has 1 aromatic carbocycles. The second-order valence-electron chi connectivity index (χ2n) is 16.9. The van der Waals surface area contributed by atoms with Crippen LogP contribution in [-0.4, -0.2) is 84.7 Å². The molecule has 3 amide bonds. The van der Waals surface area contributed by atoms with Crippen LogP contribution in [0.25, 0.3) is 0 Å². The first-order valence-electron chi connectivity index (χ1n) is 19.0. The van der Waals surface area contributed by atoms with E-state index in [0.717, 1.165) is 36.8 Å². The first kappa shape index (κ1) is 37.4. The van der Waals surface area contributed by atoms with Gasteiger partial charge in [-0.15, -0.1) is 0 Å². The van der Waals surface area contributed by atoms with E-state index in [1.165, 1.54) is 9.80 Å². The highest BCUT2D eigenvalue weighted by atomic mass is 32.2. The Morgan fingerprint density at radius 3 is 2.17 bits per heavy atom. The number of carbonyl (C=O) groups excluding carboxylic acids is 5. The lowest BCUT2D eigenvalue weighted by atomic mass is 9.77. The lowest BCUT2D eigenvalue weighted by Crippen LogP contribution is -2.48. The quantitative estimate of drug-likeness (QED) is 0.300. The van der Waals surface area contributed by atoms with E-state index >= 15 is 0 Å². The Bertz CT molecular complexity index is 1750. The zero-order chi connectivity index (χ0) is 37.9. The number of amides is 3. The molecule has 14 nitrogen and oxygen atoms in total. The Kier molecular flexibility index (Phi) is 9.94. The Morgan fingerprint density at radius 2 is 1.60 bits per heavy atom. The van der Waals surface area contributed by atoms with Gasteiger partial charge in [0.05, 0.1) is 35.6 Å². The fourth-order valence-corrected chi connectivity index (χ4v) is 9.93. The minimum Gasteiger partial charge on any atom is -0.462 e. The number of hydrogen-bond acceptors (Lipinski definition) is 11. The van der Waals surface area contributed by atoms with E-state index < -0.39 is 73.8 Å². The summed E-state index contributed by atoms with van der Waals surface area (Å²) in [5, 5.41) is -0.600. The Balaban J connectivity index is 1.09. The number of Topliss-reactive ketones (excluding diaryl/α,β-unsaturated/α-hetero) is 1. The number of likely N-dealkylation sites (tertiary alicyclic amines) is 1. The maximum atomic E-state index is 14.6. The molecular weight excluding hydrogens is 706 g/mol. The normalized spacial score (nSPS) is 27.0. The Morgan fingerprint density at radius 1 is 0.962 bits per heavy atom. The maximum absolute atomic E-state index is 14.6. The highest BCUT2D eigenvalue weighted by molar-refractivity contribution is 7.90. The van der Waals surface area contributed by atoms with Crippen molar-refractivity contribution >= 4 is 39.7 Å². The molecule has 0 radical (unpaired) electrons. The number of sulfonamides is 1. The summed E-state index contributed by atoms with van der Waals surface area (Å²) in [6, 6.07) is 2.65. The molecule has 3 heterocycles. The van der Waals surface area contributed by atoms with Crippen molar-refractivity contribution in [3.8, 4) is 11.5 Å². The number of nitrogens with one attached hydrogen (secondary N) is 1. The molecule has 1 N–H and O–H groups in total. The van der Waals surface area contributed by atoms with Crippen LogP contribution >= 0.6 is 0 Å². The molecule has 1 unspecified atom stereocenters. The second-order valence-corrected chi connectivity index (χ2v) is 18.8. The molecule has 3 saturated carbocycles. The Labute approximate surface area is 310 Å². The zero-order valence-electron chi connectivity index (χ0n) is 31.0. The van der Waals surface area contributed by atoms with Crippen molar-refractivity contribution in [3.05, 3.63) is 23.3 Å². The molecular formula is C38H51N3O11S. The molecule has 3 aliphatic heterocycles. The SMILES string of the molecule is CC[C@H]1C[C@@]1(CC(=O)C1C[C@@H](OC(=O)N2Cc3cc4c(cc3C2)OCO4)CN1C(=O)[C@@H](CC(=O)OC1CCCC1)C(C)(C)C)C(=O)NS(=O)(=O)C1CC1. The minimum absolute atomic E-state index is 0.00528. The smallest absolute Gasteiger partial charge is 0.410 e. The number of fused-ring (bicyclic) bond motifs is 2. The van der Waals surface area contributed by atoms with Gasteiger partial charge in [0.1, 0.15) is 12.2 Å². The molecule has 1 aromatic rings. The number of ether oxygens (including phenoxy) is 4. The number of carbonyl (C=O) groups is 5. The van der Waals surface area contributed by atoms with Crippen LogP contribution in [-0.2, 0) is 51.8 Å². The van der Waals surface area contributed by atoms with E-state index in [4.69, 9.17) is 18.9 Å². The third kappa shape index (κ3) is 7.72. The molecule has 53 heavy (non-hydrogen) atoms. The summed E-state index contributed by atoms with van der Waals surface area (Å²) in [6.07, 6.45) is 3.42. The summed E-state index contributed by atoms with van der Waals surface area (Å²) >= 11 is 0. The van der Waals surface area contributed by atoms with Crippen LogP contribution in [0.5, 0.6) is 11.5 Å². The third-order valence-electron chi connectivity index (χ3n) is 12.0. The van der Waals surface area contributed by atoms with Crippen molar-refractivity contribution in [2.75, 3.05) is 13.3 Å². The molecule has 5 atom stereocenters. The predicted octanol–water partition coefficient (Wildman–Crippen LogP) is 4.36. The highest BCUT2D eigenvalue weighted by Gasteiger charge is 2.62. The first-order valence-corrected chi connectivity index (χ1v) is 20.6. The van der Waals surface area contributed by atoms with Crippen molar-refractivity contribution in [2.24, 2.45) is 22.7 Å². The van der Waals surface area contributed by atoms with Gasteiger partial charge < -0.3 is 23.8 Å². The third-order valence-corrected chi connectivity index (χ3v) is 13.9. The van der Waals surface area contributed by atoms with Crippen LogP contribution in [0.1, 0.15) is 109 Å². The standard InChI is InChI=1S/C38H51N3O11S/c1-5-24-16-38(24,35(45)39-53(47,48)27-10-11-27)17-30(42)29-14-26(52-36(46)40-18-22-12-31-32(50-21-49-31)13-23(22)19-40)20-41(29)34(44)28(37(2,3)4)15-33(43)51-25-8-6-7-9-25/h12-13,24-29H,5-11,14-21H2,1-4H3,(H,39,45)/t24-,26+,28+,29?,38-/m0/s1. The van der Waals surface area contributed by atoms with Gasteiger partial charge in [0.25, 0.3) is 0 Å². The van der Waals surface area contributed by atoms with Crippen LogP contribution in [0.4, 0.5) is 4.79 Å². The molecule has 3 aliphatic carbocycles. The van der Waals surface area contributed by atoms with E-state index in [1.54, 1.807) is 0 Å². The molecule has 1 saturated heterocycles. The van der Waals surface area contributed by atoms with Crippen LogP contribution in [0.2, 0.25) is 0 Å². The van der Waals surface area contributed by atoms with E-state index in [-0.39, 0.29) is 57.7 Å². The minimum atomic E-state index is -3.84.